The molecule has 1 aliphatic heterocycles. The summed E-state index contributed by atoms with van der Waals surface area (Å²) in [5.74, 6) is 0.219. The maximum Gasteiger partial charge on any atom is 0.240 e. The van der Waals surface area contributed by atoms with Gasteiger partial charge in [-0.1, -0.05) is 6.92 Å². The number of methoxy groups -OCH3 is 1. The van der Waals surface area contributed by atoms with Gasteiger partial charge in [0.2, 0.25) is 5.91 Å². The predicted octanol–water partition coefficient (Wildman–Crippen LogP) is 0.232. The first kappa shape index (κ1) is 11.5. The Kier molecular flexibility index (Phi) is 4.35. The van der Waals surface area contributed by atoms with Crippen LogP contribution in [0.25, 0.3) is 0 Å². The van der Waals surface area contributed by atoms with Crippen molar-refractivity contribution in [2.75, 3.05) is 27.3 Å². The number of hydrogen-bond acceptors (Lipinski definition) is 3. The Morgan fingerprint density at radius 1 is 1.71 bits per heavy atom. The minimum atomic E-state index is 0.0147. The molecule has 2 unspecified atom stereocenters. The molecule has 1 amide bonds. The van der Waals surface area contributed by atoms with Crippen molar-refractivity contribution in [3.63, 3.8) is 0 Å². The summed E-state index contributed by atoms with van der Waals surface area (Å²) in [6.45, 7) is 3.58. The highest BCUT2D eigenvalue weighted by molar-refractivity contribution is 5.84. The first-order valence-corrected chi connectivity index (χ1v) is 5.21. The summed E-state index contributed by atoms with van der Waals surface area (Å²) in [6, 6.07) is 0.256. The summed E-state index contributed by atoms with van der Waals surface area (Å²) in [7, 11) is 3.52. The van der Waals surface area contributed by atoms with E-state index in [1.807, 2.05) is 11.9 Å². The van der Waals surface area contributed by atoms with Gasteiger partial charge in [0.1, 0.15) is 0 Å². The molecule has 1 N–H and O–H groups in total. The largest absolute Gasteiger partial charge is 0.383 e. The number of rotatable bonds is 5. The Morgan fingerprint density at radius 3 is 2.86 bits per heavy atom. The van der Waals surface area contributed by atoms with Crippen LogP contribution in [0, 0.1) is 0 Å². The van der Waals surface area contributed by atoms with E-state index in [0.29, 0.717) is 6.61 Å². The minimum absolute atomic E-state index is 0.0147. The topological polar surface area (TPSA) is 41.6 Å². The highest BCUT2D eigenvalue weighted by atomic mass is 16.5. The van der Waals surface area contributed by atoms with Crippen molar-refractivity contribution in [2.24, 2.45) is 0 Å². The van der Waals surface area contributed by atoms with Crippen LogP contribution in [0.2, 0.25) is 0 Å². The number of carbonyl (C=O) groups excluding carboxylic acids is 1. The summed E-state index contributed by atoms with van der Waals surface area (Å²) in [6.07, 6.45) is 1.87. The number of ether oxygens (including phenoxy) is 1. The molecule has 0 aromatic carbocycles. The molecule has 0 aromatic rings. The second-order valence-electron chi connectivity index (χ2n) is 3.68. The predicted molar refractivity (Wildman–Crippen MR) is 55.1 cm³/mol. The zero-order chi connectivity index (χ0) is 10.6. The molecule has 14 heavy (non-hydrogen) atoms. The molecule has 0 spiro atoms. The fourth-order valence-corrected chi connectivity index (χ4v) is 1.95. The molecular formula is C10H20N2O2. The molecule has 82 valence electrons. The van der Waals surface area contributed by atoms with Gasteiger partial charge in [0.15, 0.2) is 0 Å². The Hall–Kier alpha value is -0.610. The molecule has 0 saturated carbocycles. The fraction of sp³-hybridized carbons (Fsp3) is 0.900. The van der Waals surface area contributed by atoms with E-state index in [9.17, 15) is 4.79 Å². The lowest BCUT2D eigenvalue weighted by molar-refractivity contribution is -0.132. The van der Waals surface area contributed by atoms with Crippen molar-refractivity contribution in [2.45, 2.75) is 31.8 Å². The molecule has 0 aliphatic carbocycles. The molecule has 0 bridgehead atoms. The first-order chi connectivity index (χ1) is 6.74. The normalized spacial score (nSPS) is 24.4. The van der Waals surface area contributed by atoms with Crippen molar-refractivity contribution >= 4 is 5.91 Å². The van der Waals surface area contributed by atoms with Gasteiger partial charge in [0.25, 0.3) is 0 Å². The van der Waals surface area contributed by atoms with E-state index < -0.39 is 0 Å². The number of amides is 1. The zero-order valence-corrected chi connectivity index (χ0v) is 9.25. The number of likely N-dealkylation sites (N-methyl/N-ethyl adjacent to an activating group) is 1. The Bertz CT molecular complexity index is 197. The van der Waals surface area contributed by atoms with E-state index in [4.69, 9.17) is 4.74 Å². The third kappa shape index (κ3) is 2.25. The van der Waals surface area contributed by atoms with Crippen LogP contribution in [0.4, 0.5) is 0 Å². The smallest absolute Gasteiger partial charge is 0.240 e. The van der Waals surface area contributed by atoms with Crippen LogP contribution in [0.1, 0.15) is 19.8 Å². The fourth-order valence-electron chi connectivity index (χ4n) is 1.95. The van der Waals surface area contributed by atoms with Gasteiger partial charge in [-0.15, -0.1) is 0 Å². The SMILES string of the molecule is CCC(COC)N1CCC(NC)C1=O. The van der Waals surface area contributed by atoms with Crippen LogP contribution in [0.5, 0.6) is 0 Å². The van der Waals surface area contributed by atoms with Crippen LogP contribution in [0.3, 0.4) is 0 Å². The number of carbonyl (C=O) groups is 1. The van der Waals surface area contributed by atoms with Crippen LogP contribution < -0.4 is 5.32 Å². The van der Waals surface area contributed by atoms with Crippen LogP contribution >= 0.6 is 0 Å². The van der Waals surface area contributed by atoms with Crippen molar-refractivity contribution in [3.8, 4) is 0 Å². The van der Waals surface area contributed by atoms with E-state index >= 15 is 0 Å². The number of hydrogen-bond donors (Lipinski definition) is 1. The quantitative estimate of drug-likeness (QED) is 0.691. The zero-order valence-electron chi connectivity index (χ0n) is 9.25. The maximum absolute atomic E-state index is 11.8. The van der Waals surface area contributed by atoms with Crippen molar-refractivity contribution in [1.82, 2.24) is 10.2 Å². The Labute approximate surface area is 85.6 Å². The van der Waals surface area contributed by atoms with E-state index in [1.165, 1.54) is 0 Å². The van der Waals surface area contributed by atoms with Gasteiger partial charge in [-0.3, -0.25) is 4.79 Å². The lowest BCUT2D eigenvalue weighted by Gasteiger charge is -2.26. The van der Waals surface area contributed by atoms with Gasteiger partial charge in [0, 0.05) is 13.7 Å². The monoisotopic (exact) mass is 200 g/mol. The van der Waals surface area contributed by atoms with Crippen LogP contribution in [0.15, 0.2) is 0 Å². The molecule has 2 atom stereocenters. The lowest BCUT2D eigenvalue weighted by Crippen LogP contribution is -2.43. The average molecular weight is 200 g/mol. The van der Waals surface area contributed by atoms with Gasteiger partial charge in [-0.2, -0.15) is 0 Å². The second-order valence-corrected chi connectivity index (χ2v) is 3.68. The summed E-state index contributed by atoms with van der Waals surface area (Å²) in [5.41, 5.74) is 0. The molecule has 4 nitrogen and oxygen atoms in total. The summed E-state index contributed by atoms with van der Waals surface area (Å²) < 4.78 is 5.11. The first-order valence-electron chi connectivity index (χ1n) is 5.21. The number of nitrogens with zero attached hydrogens (tertiary/aromatic N) is 1. The number of likely N-dealkylation sites (tertiary alicyclic amines) is 1. The van der Waals surface area contributed by atoms with E-state index in [-0.39, 0.29) is 18.0 Å². The van der Waals surface area contributed by atoms with Crippen LogP contribution in [-0.2, 0) is 9.53 Å². The van der Waals surface area contributed by atoms with E-state index in [2.05, 4.69) is 12.2 Å². The molecule has 1 aliphatic rings. The molecule has 4 heteroatoms. The third-order valence-electron chi connectivity index (χ3n) is 2.86. The maximum atomic E-state index is 11.8. The van der Waals surface area contributed by atoms with Gasteiger partial charge >= 0.3 is 0 Å². The standard InChI is InChI=1S/C10H20N2O2/c1-4-8(7-14-3)12-6-5-9(11-2)10(12)13/h8-9,11H,4-7H2,1-3H3. The van der Waals surface area contributed by atoms with Gasteiger partial charge in [-0.25, -0.2) is 0 Å². The Morgan fingerprint density at radius 2 is 2.43 bits per heavy atom. The third-order valence-corrected chi connectivity index (χ3v) is 2.86. The molecule has 1 rings (SSSR count). The number of nitrogens with one attached hydrogen (secondary N) is 1. The summed E-state index contributed by atoms with van der Waals surface area (Å²) >= 11 is 0. The summed E-state index contributed by atoms with van der Waals surface area (Å²) in [5, 5.41) is 3.03. The highest BCUT2D eigenvalue weighted by Crippen LogP contribution is 2.16. The second kappa shape index (κ2) is 5.32. The Balaban J connectivity index is 2.55. The van der Waals surface area contributed by atoms with Gasteiger partial charge in [0.05, 0.1) is 18.7 Å². The van der Waals surface area contributed by atoms with Crippen molar-refractivity contribution in [3.05, 3.63) is 0 Å². The highest BCUT2D eigenvalue weighted by Gasteiger charge is 2.33. The molecule has 1 fully saturated rings. The minimum Gasteiger partial charge on any atom is -0.383 e. The van der Waals surface area contributed by atoms with E-state index in [1.54, 1.807) is 7.11 Å². The molecule has 0 aromatic heterocycles. The van der Waals surface area contributed by atoms with Gasteiger partial charge in [-0.05, 0) is 19.9 Å². The lowest BCUT2D eigenvalue weighted by atomic mass is 10.2. The van der Waals surface area contributed by atoms with Crippen LogP contribution in [-0.4, -0.2) is 50.2 Å². The average Bonchev–Trinajstić information content (AvgIpc) is 2.56. The summed E-state index contributed by atoms with van der Waals surface area (Å²) in [4.78, 5) is 13.8. The van der Waals surface area contributed by atoms with E-state index in [0.717, 1.165) is 19.4 Å². The molecule has 1 saturated heterocycles. The molecule has 0 radical (unpaired) electrons. The van der Waals surface area contributed by atoms with Crippen molar-refractivity contribution < 1.29 is 9.53 Å². The van der Waals surface area contributed by atoms with Gasteiger partial charge < -0.3 is 15.0 Å². The van der Waals surface area contributed by atoms with Crippen molar-refractivity contribution in [1.29, 1.82) is 0 Å². The molecular weight excluding hydrogens is 180 g/mol. The molecule has 1 heterocycles.